The zero-order chi connectivity index (χ0) is 12.3. The minimum atomic E-state index is -3.50. The van der Waals surface area contributed by atoms with E-state index in [4.69, 9.17) is 11.6 Å². The Bertz CT molecular complexity index is 488. The second-order valence-electron chi connectivity index (χ2n) is 4.08. The Morgan fingerprint density at radius 1 is 1.22 bits per heavy atom. The predicted molar refractivity (Wildman–Crippen MR) is 74.9 cm³/mol. The fourth-order valence-electron chi connectivity index (χ4n) is 1.89. The molecule has 18 heavy (non-hydrogen) atoms. The van der Waals surface area contributed by atoms with Gasteiger partial charge < -0.3 is 5.32 Å². The molecule has 0 unspecified atom stereocenters. The number of benzene rings is 1. The minimum absolute atomic E-state index is 0. The van der Waals surface area contributed by atoms with E-state index in [0.717, 1.165) is 25.9 Å². The van der Waals surface area contributed by atoms with Crippen molar-refractivity contribution in [2.75, 3.05) is 13.1 Å². The summed E-state index contributed by atoms with van der Waals surface area (Å²) in [5.74, 6) is 0. The highest BCUT2D eigenvalue weighted by molar-refractivity contribution is 7.89. The molecule has 1 aliphatic heterocycles. The van der Waals surface area contributed by atoms with Gasteiger partial charge in [0.1, 0.15) is 4.90 Å². The van der Waals surface area contributed by atoms with Crippen molar-refractivity contribution in [3.05, 3.63) is 29.3 Å². The van der Waals surface area contributed by atoms with Crippen LogP contribution in [0.25, 0.3) is 0 Å². The Hall–Kier alpha value is -0.330. The van der Waals surface area contributed by atoms with Gasteiger partial charge in [-0.1, -0.05) is 23.7 Å². The van der Waals surface area contributed by atoms with Gasteiger partial charge in [0.05, 0.1) is 5.02 Å². The average molecular weight is 311 g/mol. The van der Waals surface area contributed by atoms with Crippen molar-refractivity contribution in [2.24, 2.45) is 0 Å². The molecule has 0 spiro atoms. The van der Waals surface area contributed by atoms with Crippen molar-refractivity contribution in [2.45, 2.75) is 23.8 Å². The summed E-state index contributed by atoms with van der Waals surface area (Å²) in [7, 11) is -3.50. The van der Waals surface area contributed by atoms with Crippen molar-refractivity contribution < 1.29 is 8.42 Å². The Morgan fingerprint density at radius 3 is 2.44 bits per heavy atom. The summed E-state index contributed by atoms with van der Waals surface area (Å²) in [6.45, 7) is 1.69. The lowest BCUT2D eigenvalue weighted by Crippen LogP contribution is -2.42. The summed E-state index contributed by atoms with van der Waals surface area (Å²) in [6, 6.07) is 6.48. The SMILES string of the molecule is Cl.O=S(=O)(NC1CCNCC1)c1ccccc1Cl. The lowest BCUT2D eigenvalue weighted by atomic mass is 10.1. The van der Waals surface area contributed by atoms with Gasteiger partial charge in [0.2, 0.25) is 10.0 Å². The van der Waals surface area contributed by atoms with Gasteiger partial charge >= 0.3 is 0 Å². The Balaban J connectivity index is 0.00000162. The van der Waals surface area contributed by atoms with E-state index in [-0.39, 0.29) is 28.4 Å². The van der Waals surface area contributed by atoms with Crippen molar-refractivity contribution in [1.82, 2.24) is 10.0 Å². The molecule has 0 radical (unpaired) electrons. The van der Waals surface area contributed by atoms with E-state index in [1.807, 2.05) is 0 Å². The molecule has 2 N–H and O–H groups in total. The molecule has 7 heteroatoms. The fourth-order valence-corrected chi connectivity index (χ4v) is 3.71. The second-order valence-corrected chi connectivity index (χ2v) is 6.17. The highest BCUT2D eigenvalue weighted by Crippen LogP contribution is 2.21. The predicted octanol–water partition coefficient (Wildman–Crippen LogP) is 1.79. The summed E-state index contributed by atoms with van der Waals surface area (Å²) < 4.78 is 26.9. The molecule has 0 amide bonds. The highest BCUT2D eigenvalue weighted by Gasteiger charge is 2.23. The number of nitrogens with one attached hydrogen (secondary N) is 2. The van der Waals surface area contributed by atoms with Gasteiger partial charge in [0.15, 0.2) is 0 Å². The topological polar surface area (TPSA) is 58.2 Å². The van der Waals surface area contributed by atoms with Gasteiger partial charge in [-0.25, -0.2) is 13.1 Å². The van der Waals surface area contributed by atoms with Gasteiger partial charge in [-0.2, -0.15) is 0 Å². The molecule has 0 aromatic heterocycles. The number of sulfonamides is 1. The van der Waals surface area contributed by atoms with Crippen LogP contribution >= 0.6 is 24.0 Å². The molecule has 0 bridgehead atoms. The quantitative estimate of drug-likeness (QED) is 0.895. The van der Waals surface area contributed by atoms with E-state index in [2.05, 4.69) is 10.0 Å². The first-order valence-corrected chi connectivity index (χ1v) is 7.43. The maximum Gasteiger partial charge on any atom is 0.242 e. The Labute approximate surface area is 119 Å². The summed E-state index contributed by atoms with van der Waals surface area (Å²) >= 11 is 5.89. The van der Waals surface area contributed by atoms with Crippen molar-refractivity contribution in [3.8, 4) is 0 Å². The van der Waals surface area contributed by atoms with Crippen LogP contribution in [0.5, 0.6) is 0 Å². The minimum Gasteiger partial charge on any atom is -0.317 e. The molecule has 1 fully saturated rings. The van der Waals surface area contributed by atoms with E-state index in [1.165, 1.54) is 6.07 Å². The normalized spacial score (nSPS) is 17.2. The number of hydrogen-bond donors (Lipinski definition) is 2. The third-order valence-electron chi connectivity index (χ3n) is 2.79. The zero-order valence-corrected chi connectivity index (χ0v) is 12.1. The van der Waals surface area contributed by atoms with Crippen LogP contribution in [0.15, 0.2) is 29.2 Å². The molecular formula is C11H16Cl2N2O2S. The number of hydrogen-bond acceptors (Lipinski definition) is 3. The number of halogens is 2. The first kappa shape index (κ1) is 15.7. The molecule has 0 atom stereocenters. The van der Waals surface area contributed by atoms with Crippen LogP contribution in [0.3, 0.4) is 0 Å². The maximum atomic E-state index is 12.1. The highest BCUT2D eigenvalue weighted by atomic mass is 35.5. The van der Waals surface area contributed by atoms with Crippen molar-refractivity contribution in [1.29, 1.82) is 0 Å². The third-order valence-corrected chi connectivity index (χ3v) is 4.81. The number of piperidine rings is 1. The monoisotopic (exact) mass is 310 g/mol. The van der Waals surface area contributed by atoms with Gasteiger partial charge in [0.25, 0.3) is 0 Å². The van der Waals surface area contributed by atoms with Crippen LogP contribution in [-0.4, -0.2) is 27.5 Å². The first-order valence-electron chi connectivity index (χ1n) is 5.57. The molecule has 1 aromatic carbocycles. The molecule has 1 heterocycles. The van der Waals surface area contributed by atoms with E-state index in [1.54, 1.807) is 18.2 Å². The summed E-state index contributed by atoms with van der Waals surface area (Å²) in [5.41, 5.74) is 0. The van der Waals surface area contributed by atoms with Crippen molar-refractivity contribution >= 4 is 34.0 Å². The summed E-state index contributed by atoms with van der Waals surface area (Å²) in [6.07, 6.45) is 1.62. The van der Waals surface area contributed by atoms with Gasteiger partial charge in [-0.15, -0.1) is 12.4 Å². The fraction of sp³-hybridized carbons (Fsp3) is 0.455. The standard InChI is InChI=1S/C11H15ClN2O2S.ClH/c12-10-3-1-2-4-11(10)17(15,16)14-9-5-7-13-8-6-9;/h1-4,9,13-14H,5-8H2;1H. The third kappa shape index (κ3) is 3.83. The molecule has 4 nitrogen and oxygen atoms in total. The zero-order valence-electron chi connectivity index (χ0n) is 9.73. The Morgan fingerprint density at radius 2 is 1.83 bits per heavy atom. The van der Waals surface area contributed by atoms with Crippen LogP contribution in [0.4, 0.5) is 0 Å². The maximum absolute atomic E-state index is 12.1. The summed E-state index contributed by atoms with van der Waals surface area (Å²) in [5, 5.41) is 3.45. The van der Waals surface area contributed by atoms with Crippen LogP contribution in [-0.2, 0) is 10.0 Å². The molecule has 0 saturated carbocycles. The van der Waals surface area contributed by atoms with Crippen LogP contribution < -0.4 is 10.0 Å². The molecular weight excluding hydrogens is 295 g/mol. The van der Waals surface area contributed by atoms with Crippen molar-refractivity contribution in [3.63, 3.8) is 0 Å². The molecule has 1 aromatic rings. The van der Waals surface area contributed by atoms with E-state index < -0.39 is 10.0 Å². The van der Waals surface area contributed by atoms with E-state index in [9.17, 15) is 8.42 Å². The lowest BCUT2D eigenvalue weighted by molar-refractivity contribution is 0.427. The Kier molecular flexibility index (Phi) is 5.88. The smallest absolute Gasteiger partial charge is 0.242 e. The van der Waals surface area contributed by atoms with Gasteiger partial charge in [-0.3, -0.25) is 0 Å². The molecule has 0 aliphatic carbocycles. The molecule has 102 valence electrons. The van der Waals surface area contributed by atoms with Crippen LogP contribution in [0, 0.1) is 0 Å². The first-order chi connectivity index (χ1) is 8.09. The lowest BCUT2D eigenvalue weighted by Gasteiger charge is -2.23. The van der Waals surface area contributed by atoms with Gasteiger partial charge in [-0.05, 0) is 38.1 Å². The second kappa shape index (κ2) is 6.73. The number of rotatable bonds is 3. The molecule has 1 aliphatic rings. The van der Waals surface area contributed by atoms with Crippen LogP contribution in [0.2, 0.25) is 5.02 Å². The molecule has 1 saturated heterocycles. The van der Waals surface area contributed by atoms with Crippen LogP contribution in [0.1, 0.15) is 12.8 Å². The largest absolute Gasteiger partial charge is 0.317 e. The average Bonchev–Trinajstić information content (AvgIpc) is 2.30. The molecule has 2 rings (SSSR count). The summed E-state index contributed by atoms with van der Waals surface area (Å²) in [4.78, 5) is 0.153. The van der Waals surface area contributed by atoms with E-state index >= 15 is 0 Å². The van der Waals surface area contributed by atoms with E-state index in [0.29, 0.717) is 0 Å². The van der Waals surface area contributed by atoms with Gasteiger partial charge in [0, 0.05) is 6.04 Å².